The van der Waals surface area contributed by atoms with Crippen LogP contribution >= 0.6 is 24.4 Å². The monoisotopic (exact) mass is 198 g/mol. The highest BCUT2D eigenvalue weighted by Crippen LogP contribution is 2.22. The van der Waals surface area contributed by atoms with Gasteiger partial charge in [0.05, 0.1) is 22.4 Å². The van der Waals surface area contributed by atoms with Gasteiger partial charge < -0.3 is 0 Å². The van der Waals surface area contributed by atoms with E-state index in [4.69, 9.17) is 0 Å². The molecule has 1 fully saturated rings. The standard InChI is InChI=1S/C8H10N2S2/c11-5-9-7-1-2-8(4-3-7)10-6-12/h7-8H,1-4H2. The molecule has 4 heteroatoms. The van der Waals surface area contributed by atoms with Gasteiger partial charge in [0, 0.05) is 0 Å². The van der Waals surface area contributed by atoms with Gasteiger partial charge in [-0.25, -0.2) is 9.98 Å². The zero-order valence-electron chi connectivity index (χ0n) is 6.69. The van der Waals surface area contributed by atoms with Crippen molar-refractivity contribution >= 4 is 34.8 Å². The number of aliphatic imine (C=N–C) groups is 2. The first-order chi connectivity index (χ1) is 5.86. The summed E-state index contributed by atoms with van der Waals surface area (Å²) in [6, 6.07) is 0.748. The van der Waals surface area contributed by atoms with Gasteiger partial charge in [-0.1, -0.05) is 0 Å². The lowest BCUT2D eigenvalue weighted by Gasteiger charge is -2.21. The summed E-state index contributed by atoms with van der Waals surface area (Å²) in [7, 11) is 0. The molecular weight excluding hydrogens is 188 g/mol. The molecule has 0 N–H and O–H groups in total. The Morgan fingerprint density at radius 1 is 0.833 bits per heavy atom. The van der Waals surface area contributed by atoms with E-state index in [1.807, 2.05) is 0 Å². The number of isothiocyanates is 2. The molecule has 0 amide bonds. The van der Waals surface area contributed by atoms with Crippen molar-refractivity contribution in [3.05, 3.63) is 0 Å². The van der Waals surface area contributed by atoms with Gasteiger partial charge in [-0.05, 0) is 50.1 Å². The molecule has 0 bridgehead atoms. The molecule has 0 heterocycles. The van der Waals surface area contributed by atoms with Gasteiger partial charge >= 0.3 is 0 Å². The van der Waals surface area contributed by atoms with Crippen LogP contribution in [0.2, 0.25) is 0 Å². The lowest BCUT2D eigenvalue weighted by atomic mass is 9.92. The van der Waals surface area contributed by atoms with Crippen molar-refractivity contribution in [3.8, 4) is 0 Å². The Bertz CT molecular complexity index is 205. The van der Waals surface area contributed by atoms with Crippen LogP contribution in [0.3, 0.4) is 0 Å². The smallest absolute Gasteiger partial charge is 0.0604 e. The zero-order valence-corrected chi connectivity index (χ0v) is 8.33. The second-order valence-corrected chi connectivity index (χ2v) is 3.27. The van der Waals surface area contributed by atoms with Crippen LogP contribution in [-0.4, -0.2) is 22.4 Å². The quantitative estimate of drug-likeness (QED) is 0.503. The molecule has 2 nitrogen and oxygen atoms in total. The first-order valence-corrected chi connectivity index (χ1v) is 4.82. The molecule has 1 rings (SSSR count). The first kappa shape index (κ1) is 9.69. The predicted molar refractivity (Wildman–Crippen MR) is 56.1 cm³/mol. The van der Waals surface area contributed by atoms with E-state index >= 15 is 0 Å². The zero-order chi connectivity index (χ0) is 8.81. The van der Waals surface area contributed by atoms with Crippen LogP contribution in [0.25, 0.3) is 0 Å². The molecule has 0 aliphatic heterocycles. The molecule has 0 unspecified atom stereocenters. The van der Waals surface area contributed by atoms with E-state index in [1.54, 1.807) is 0 Å². The van der Waals surface area contributed by atoms with E-state index in [9.17, 15) is 0 Å². The van der Waals surface area contributed by atoms with Crippen LogP contribution in [0.15, 0.2) is 9.98 Å². The minimum absolute atomic E-state index is 0.374. The van der Waals surface area contributed by atoms with E-state index in [-0.39, 0.29) is 0 Å². The third-order valence-corrected chi connectivity index (χ3v) is 2.35. The van der Waals surface area contributed by atoms with Crippen molar-refractivity contribution in [2.24, 2.45) is 9.98 Å². The number of thiocarbonyl (C=S) groups is 2. The van der Waals surface area contributed by atoms with Crippen molar-refractivity contribution in [1.29, 1.82) is 0 Å². The molecule has 0 saturated heterocycles. The molecule has 0 aromatic carbocycles. The fourth-order valence-corrected chi connectivity index (χ4v) is 1.76. The Hall–Kier alpha value is -0.400. The number of hydrogen-bond acceptors (Lipinski definition) is 4. The van der Waals surface area contributed by atoms with Gasteiger partial charge in [0.25, 0.3) is 0 Å². The molecular formula is C8H10N2S2. The van der Waals surface area contributed by atoms with Crippen LogP contribution in [0.4, 0.5) is 0 Å². The summed E-state index contributed by atoms with van der Waals surface area (Å²) >= 11 is 9.09. The summed E-state index contributed by atoms with van der Waals surface area (Å²) < 4.78 is 0. The molecule has 1 saturated carbocycles. The second-order valence-electron chi connectivity index (χ2n) is 2.90. The highest BCUT2D eigenvalue weighted by molar-refractivity contribution is 7.78. The van der Waals surface area contributed by atoms with E-state index in [1.165, 1.54) is 0 Å². The van der Waals surface area contributed by atoms with Crippen LogP contribution in [0.5, 0.6) is 0 Å². The lowest BCUT2D eigenvalue weighted by molar-refractivity contribution is 0.400. The number of rotatable bonds is 2. The predicted octanol–water partition coefficient (Wildman–Crippen LogP) is 2.50. The third kappa shape index (κ3) is 2.92. The first-order valence-electron chi connectivity index (χ1n) is 4.00. The molecule has 12 heavy (non-hydrogen) atoms. The Morgan fingerprint density at radius 3 is 1.42 bits per heavy atom. The topological polar surface area (TPSA) is 24.7 Å². The average molecular weight is 198 g/mol. The highest BCUT2D eigenvalue weighted by atomic mass is 32.1. The summed E-state index contributed by atoms with van der Waals surface area (Å²) in [5.41, 5.74) is 0. The van der Waals surface area contributed by atoms with Gasteiger partial charge in [-0.3, -0.25) is 0 Å². The third-order valence-electron chi connectivity index (χ3n) is 2.14. The maximum Gasteiger partial charge on any atom is 0.0604 e. The van der Waals surface area contributed by atoms with Crippen molar-refractivity contribution in [2.75, 3.05) is 0 Å². The van der Waals surface area contributed by atoms with E-state index in [0.29, 0.717) is 12.1 Å². The number of hydrogen-bond donors (Lipinski definition) is 0. The minimum Gasteiger partial charge on any atom is -0.229 e. The van der Waals surface area contributed by atoms with E-state index in [2.05, 4.69) is 44.7 Å². The van der Waals surface area contributed by atoms with Crippen LogP contribution < -0.4 is 0 Å². The summed E-state index contributed by atoms with van der Waals surface area (Å²) in [5.74, 6) is 0. The van der Waals surface area contributed by atoms with E-state index in [0.717, 1.165) is 25.7 Å². The SMILES string of the molecule is S=C=NC1CCC(N=C=S)CC1. The van der Waals surface area contributed by atoms with Gasteiger partial charge in [0.15, 0.2) is 0 Å². The molecule has 0 atom stereocenters. The molecule has 0 aromatic rings. The largest absolute Gasteiger partial charge is 0.229 e. The fraction of sp³-hybridized carbons (Fsp3) is 0.750. The van der Waals surface area contributed by atoms with Crippen molar-refractivity contribution in [3.63, 3.8) is 0 Å². The molecule has 0 spiro atoms. The summed E-state index contributed by atoms with van der Waals surface area (Å²) in [6.45, 7) is 0. The fourth-order valence-electron chi connectivity index (χ4n) is 1.47. The Morgan fingerprint density at radius 2 is 1.17 bits per heavy atom. The highest BCUT2D eigenvalue weighted by Gasteiger charge is 2.19. The van der Waals surface area contributed by atoms with Gasteiger partial charge in [0.1, 0.15) is 0 Å². The van der Waals surface area contributed by atoms with Crippen LogP contribution in [-0.2, 0) is 0 Å². The number of nitrogens with zero attached hydrogens (tertiary/aromatic N) is 2. The molecule has 64 valence electrons. The Kier molecular flexibility index (Phi) is 4.26. The summed E-state index contributed by atoms with van der Waals surface area (Å²) in [6.07, 6.45) is 4.20. The Balaban J connectivity index is 2.38. The molecule has 0 aromatic heterocycles. The summed E-state index contributed by atoms with van der Waals surface area (Å²) in [5, 5.41) is 4.85. The van der Waals surface area contributed by atoms with Crippen LogP contribution in [0.1, 0.15) is 25.7 Å². The van der Waals surface area contributed by atoms with Gasteiger partial charge in [-0.2, -0.15) is 0 Å². The molecule has 0 radical (unpaired) electrons. The van der Waals surface area contributed by atoms with Gasteiger partial charge in [0.2, 0.25) is 0 Å². The van der Waals surface area contributed by atoms with Crippen LogP contribution in [0, 0.1) is 0 Å². The van der Waals surface area contributed by atoms with Crippen molar-refractivity contribution in [2.45, 2.75) is 37.8 Å². The van der Waals surface area contributed by atoms with Crippen molar-refractivity contribution < 1.29 is 0 Å². The van der Waals surface area contributed by atoms with E-state index < -0.39 is 0 Å². The Labute approximate surface area is 82.8 Å². The van der Waals surface area contributed by atoms with Gasteiger partial charge in [-0.15, -0.1) is 0 Å². The maximum absolute atomic E-state index is 4.54. The lowest BCUT2D eigenvalue weighted by Crippen LogP contribution is -2.19. The minimum atomic E-state index is 0.374. The van der Waals surface area contributed by atoms with Crippen molar-refractivity contribution in [1.82, 2.24) is 0 Å². The molecule has 1 aliphatic carbocycles. The molecule has 1 aliphatic rings. The normalized spacial score (nSPS) is 28.3. The summed E-state index contributed by atoms with van der Waals surface area (Å²) in [4.78, 5) is 8.11. The maximum atomic E-state index is 4.54. The second kappa shape index (κ2) is 5.28. The average Bonchev–Trinajstić information content (AvgIpc) is 2.09.